The number of aldehydes is 1. The Labute approximate surface area is 281 Å². The number of aliphatic hydroxyl groups is 1. The Kier molecular flexibility index (Phi) is 19.9. The molecule has 256 valence electrons. The third kappa shape index (κ3) is 12.3. The van der Waals surface area contributed by atoms with Crippen LogP contribution in [0.15, 0.2) is 50.1 Å². The summed E-state index contributed by atoms with van der Waals surface area (Å²) in [6.45, 7) is 24.2. The van der Waals surface area contributed by atoms with Crippen LogP contribution in [0.1, 0.15) is 99.4 Å². The number of carbonyl (C=O) groups is 2. The van der Waals surface area contributed by atoms with Gasteiger partial charge in [0.05, 0.1) is 5.69 Å². The first-order chi connectivity index (χ1) is 22.1. The van der Waals surface area contributed by atoms with E-state index in [1.807, 2.05) is 71.0 Å². The van der Waals surface area contributed by atoms with Gasteiger partial charge in [0.1, 0.15) is 6.29 Å². The molecular formula is C39H56N4O4. The molecule has 3 rings (SSSR count). The highest BCUT2D eigenvalue weighted by molar-refractivity contribution is 5.80. The van der Waals surface area contributed by atoms with Crippen molar-refractivity contribution in [2.75, 3.05) is 7.11 Å². The third-order valence-corrected chi connectivity index (χ3v) is 7.28. The summed E-state index contributed by atoms with van der Waals surface area (Å²) in [7, 11) is 1.00. The first-order valence-corrected chi connectivity index (χ1v) is 15.8. The highest BCUT2D eigenvalue weighted by atomic mass is 16.4. The lowest BCUT2D eigenvalue weighted by Crippen LogP contribution is -1.98. The van der Waals surface area contributed by atoms with Crippen molar-refractivity contribution < 1.29 is 19.8 Å². The van der Waals surface area contributed by atoms with Gasteiger partial charge in [-0.15, -0.1) is 6.58 Å². The molecule has 0 radical (unpaired) electrons. The van der Waals surface area contributed by atoms with E-state index in [-0.39, 0.29) is 13.8 Å². The molecule has 3 aromatic rings. The van der Waals surface area contributed by atoms with Crippen molar-refractivity contribution in [3.63, 3.8) is 0 Å². The number of rotatable bonds is 12. The van der Waals surface area contributed by atoms with Crippen molar-refractivity contribution in [1.82, 2.24) is 19.9 Å². The first-order valence-electron chi connectivity index (χ1n) is 15.8. The van der Waals surface area contributed by atoms with Crippen molar-refractivity contribution in [2.24, 2.45) is 0 Å². The van der Waals surface area contributed by atoms with E-state index in [1.165, 1.54) is 0 Å². The second-order valence-corrected chi connectivity index (χ2v) is 10.5. The molecule has 3 aromatic heterocycles. The summed E-state index contributed by atoms with van der Waals surface area (Å²) >= 11 is 0. The molecule has 0 spiro atoms. The highest BCUT2D eigenvalue weighted by Gasteiger charge is 2.11. The number of aromatic nitrogens is 4. The van der Waals surface area contributed by atoms with Crippen molar-refractivity contribution in [3.8, 4) is 0 Å². The molecule has 0 aliphatic heterocycles. The van der Waals surface area contributed by atoms with E-state index in [0.717, 1.165) is 86.1 Å². The Balaban J connectivity index is 0.00000407. The summed E-state index contributed by atoms with van der Waals surface area (Å²) in [6.07, 6.45) is 7.78. The monoisotopic (exact) mass is 644 g/mol. The fourth-order valence-electron chi connectivity index (χ4n) is 4.95. The van der Waals surface area contributed by atoms with Crippen LogP contribution in [0.5, 0.6) is 0 Å². The quantitative estimate of drug-likeness (QED) is 0.115. The Hall–Kier alpha value is -4.56. The molecule has 0 saturated heterocycles. The van der Waals surface area contributed by atoms with Crippen LogP contribution in [0, 0.1) is 13.8 Å². The number of nitrogens with zero attached hydrogens (tertiary/aromatic N) is 2. The number of fused-ring (bicyclic) bond motifs is 4. The lowest BCUT2D eigenvalue weighted by Gasteiger charge is -2.02. The number of allylic oxidation sites excluding steroid dienone is 2. The van der Waals surface area contributed by atoms with Gasteiger partial charge in [0.25, 0.3) is 0 Å². The molecule has 0 unspecified atom stereocenters. The smallest absolute Gasteiger partial charge is 0.303 e. The third-order valence-electron chi connectivity index (χ3n) is 7.28. The Morgan fingerprint density at radius 3 is 2.04 bits per heavy atom. The average Bonchev–Trinajstić information content (AvgIpc) is 3.49. The number of carboxylic acid groups (broad SMARTS) is 1. The van der Waals surface area contributed by atoms with Gasteiger partial charge in [-0.05, 0) is 93.0 Å². The number of aryl methyl sites for hydroxylation is 5. The number of H-pyrrole nitrogens is 2. The number of hydrogen-bond acceptors (Lipinski definition) is 5. The van der Waals surface area contributed by atoms with Crippen LogP contribution >= 0.6 is 0 Å². The van der Waals surface area contributed by atoms with Gasteiger partial charge < -0.3 is 25.0 Å². The highest BCUT2D eigenvalue weighted by Crippen LogP contribution is 2.25. The second kappa shape index (κ2) is 22.0. The predicted molar refractivity (Wildman–Crippen MR) is 200 cm³/mol. The van der Waals surface area contributed by atoms with Crippen LogP contribution in [0.2, 0.25) is 0 Å². The Morgan fingerprint density at radius 1 is 0.894 bits per heavy atom. The van der Waals surface area contributed by atoms with Gasteiger partial charge in [-0.1, -0.05) is 53.5 Å². The average molecular weight is 645 g/mol. The van der Waals surface area contributed by atoms with E-state index in [0.29, 0.717) is 38.5 Å². The SMILES string of the molecule is C.C=CCc1cc2[nH]c(cc(CC)nc(CCCC(=O)O)cc3[nH]c(cc(C(=C)C)n1)c(C)c3CCC=O)c(C=C)c2C.CC.CO. The molecular weight excluding hydrogens is 588 g/mol. The van der Waals surface area contributed by atoms with Crippen LogP contribution in [0.3, 0.4) is 0 Å². The van der Waals surface area contributed by atoms with Crippen LogP contribution in [-0.2, 0) is 35.3 Å². The van der Waals surface area contributed by atoms with E-state index in [2.05, 4.69) is 36.6 Å². The number of carboxylic acids is 1. The van der Waals surface area contributed by atoms with Gasteiger partial charge in [-0.25, -0.2) is 0 Å². The molecule has 0 fully saturated rings. The van der Waals surface area contributed by atoms with Crippen LogP contribution < -0.4 is 0 Å². The van der Waals surface area contributed by atoms with E-state index < -0.39 is 5.97 Å². The zero-order chi connectivity index (χ0) is 34.8. The fourth-order valence-corrected chi connectivity index (χ4v) is 4.95. The standard InChI is InChI=1S/C35H42N4O3.C2H6.CH4O.CH4/c1-8-13-26-19-31-23(6)28(10-3)33(38-31)18-25(9-2)36-27(14-11-16-35(41)42)20-34-29(15-12-17-40)24(7)32(39-34)21-30(37-26)22(4)5;2*1-2;/h8,10,17-21,38-39H,1,3-4,9,11-16H2,2,5-7H3,(H,41,42);1-2H3;2H,1H3;1H4. The van der Waals surface area contributed by atoms with Crippen molar-refractivity contribution in [3.05, 3.63) is 95.1 Å². The second-order valence-electron chi connectivity index (χ2n) is 10.5. The van der Waals surface area contributed by atoms with E-state index in [1.54, 1.807) is 0 Å². The topological polar surface area (TPSA) is 132 Å². The number of hydrogen-bond donors (Lipinski definition) is 4. The number of aromatic amines is 2. The molecule has 0 amide bonds. The van der Waals surface area contributed by atoms with Gasteiger partial charge in [0.15, 0.2) is 0 Å². The number of aliphatic carboxylic acids is 1. The van der Waals surface area contributed by atoms with E-state index in [4.69, 9.17) is 15.1 Å². The maximum atomic E-state index is 11.3. The maximum absolute atomic E-state index is 11.3. The zero-order valence-electron chi connectivity index (χ0n) is 28.7. The van der Waals surface area contributed by atoms with Crippen LogP contribution in [0.4, 0.5) is 0 Å². The van der Waals surface area contributed by atoms with Crippen molar-refractivity contribution in [2.45, 2.75) is 93.9 Å². The zero-order valence-corrected chi connectivity index (χ0v) is 28.7. The molecule has 4 N–H and O–H groups in total. The number of nitrogens with one attached hydrogen (secondary N) is 2. The molecule has 3 heterocycles. The minimum Gasteiger partial charge on any atom is -0.481 e. The molecule has 8 nitrogen and oxygen atoms in total. The predicted octanol–water partition coefficient (Wildman–Crippen LogP) is 9.08. The van der Waals surface area contributed by atoms with E-state index >= 15 is 0 Å². The lowest BCUT2D eigenvalue weighted by atomic mass is 10.1. The van der Waals surface area contributed by atoms with Crippen molar-refractivity contribution >= 4 is 46.0 Å². The summed E-state index contributed by atoms with van der Waals surface area (Å²) in [5.74, 6) is -0.838. The molecule has 47 heavy (non-hydrogen) atoms. The summed E-state index contributed by atoms with van der Waals surface area (Å²) in [5.41, 5.74) is 11.6. The fraction of sp³-hybridized carbons (Fsp3) is 0.385. The Bertz CT molecular complexity index is 1660. The van der Waals surface area contributed by atoms with Gasteiger partial charge in [0.2, 0.25) is 0 Å². The van der Waals surface area contributed by atoms with Crippen molar-refractivity contribution in [1.29, 1.82) is 0 Å². The minimum absolute atomic E-state index is 0. The Morgan fingerprint density at radius 2 is 1.49 bits per heavy atom. The molecule has 0 aromatic carbocycles. The summed E-state index contributed by atoms with van der Waals surface area (Å²) < 4.78 is 0. The first kappa shape index (κ1) is 42.4. The largest absolute Gasteiger partial charge is 0.481 e. The molecule has 0 aliphatic rings. The van der Waals surface area contributed by atoms with Gasteiger partial charge in [0, 0.05) is 71.1 Å². The summed E-state index contributed by atoms with van der Waals surface area (Å²) in [4.78, 5) is 39.8. The number of carbonyl (C=O) groups excluding carboxylic acids is 1. The van der Waals surface area contributed by atoms with Gasteiger partial charge in [-0.2, -0.15) is 0 Å². The summed E-state index contributed by atoms with van der Waals surface area (Å²) in [6, 6.07) is 8.04. The molecule has 4 bridgehead atoms. The molecule has 0 saturated carbocycles. The molecule has 0 aliphatic carbocycles. The maximum Gasteiger partial charge on any atom is 0.303 e. The van der Waals surface area contributed by atoms with Gasteiger partial charge >= 0.3 is 5.97 Å². The molecule has 8 heteroatoms. The van der Waals surface area contributed by atoms with Gasteiger partial charge in [-0.3, -0.25) is 14.8 Å². The lowest BCUT2D eigenvalue weighted by molar-refractivity contribution is -0.137. The van der Waals surface area contributed by atoms with Crippen LogP contribution in [0.25, 0.3) is 33.7 Å². The summed E-state index contributed by atoms with van der Waals surface area (Å²) in [5, 5.41) is 16.3. The molecule has 0 atom stereocenters. The number of aliphatic hydroxyl groups excluding tert-OH is 1. The van der Waals surface area contributed by atoms with E-state index in [9.17, 15) is 14.7 Å². The normalized spacial score (nSPS) is 9.79. The van der Waals surface area contributed by atoms with Crippen LogP contribution in [-0.4, -0.2) is 49.5 Å². The minimum atomic E-state index is -0.838.